The minimum atomic E-state index is -1.38. The molecule has 1 aliphatic rings. The van der Waals surface area contributed by atoms with E-state index in [4.69, 9.17) is 5.53 Å². The summed E-state index contributed by atoms with van der Waals surface area (Å²) in [4.78, 5) is 25.5. The first-order valence-electron chi connectivity index (χ1n) is 5.82. The van der Waals surface area contributed by atoms with Gasteiger partial charge in [0.1, 0.15) is 6.10 Å². The first-order chi connectivity index (χ1) is 9.56. The molecule has 20 heavy (non-hydrogen) atoms. The van der Waals surface area contributed by atoms with E-state index in [1.54, 1.807) is 0 Å². The second-order valence-electron chi connectivity index (χ2n) is 4.20. The van der Waals surface area contributed by atoms with Gasteiger partial charge in [-0.2, -0.15) is 0 Å². The van der Waals surface area contributed by atoms with Gasteiger partial charge in [0, 0.05) is 11.5 Å². The molecule has 0 aliphatic carbocycles. The van der Waals surface area contributed by atoms with E-state index in [9.17, 15) is 19.8 Å². The number of hydrogen-bond acceptors (Lipinski definition) is 6. The average Bonchev–Trinajstić information content (AvgIpc) is 2.73. The highest BCUT2D eigenvalue weighted by Gasteiger charge is 2.35. The number of rotatable bonds is 5. The highest BCUT2D eigenvalue weighted by Crippen LogP contribution is 2.30. The summed E-state index contributed by atoms with van der Waals surface area (Å²) in [6.45, 7) is 0.00707. The van der Waals surface area contributed by atoms with Gasteiger partial charge >= 0.3 is 11.9 Å². The first-order valence-corrected chi connectivity index (χ1v) is 5.82. The number of carbonyl (C=O) groups excluding carboxylic acids is 2. The number of ether oxygens (including phenoxy) is 1. The van der Waals surface area contributed by atoms with Crippen LogP contribution in [-0.4, -0.2) is 34.8 Å². The Hall–Kier alpha value is -2.41. The Bertz CT molecular complexity index is 609. The molecule has 1 aromatic carbocycles. The zero-order valence-corrected chi connectivity index (χ0v) is 10.3. The molecule has 8 heteroatoms. The van der Waals surface area contributed by atoms with E-state index < -0.39 is 24.1 Å². The van der Waals surface area contributed by atoms with Crippen molar-refractivity contribution in [3.63, 3.8) is 0 Å². The number of aliphatic hydroxyl groups is 2. The number of benzene rings is 1. The maximum Gasteiger partial charge on any atom is 0.347 e. The topological polar surface area (TPSA) is 133 Å². The lowest BCUT2D eigenvalue weighted by atomic mass is 9.94. The van der Waals surface area contributed by atoms with E-state index in [1.165, 1.54) is 18.2 Å². The number of nitrogens with zero attached hydrogens (tertiary/aromatic N) is 3. The number of cyclic esters (lactones) is 2. The summed E-state index contributed by atoms with van der Waals surface area (Å²) >= 11 is 0. The molecule has 8 nitrogen and oxygen atoms in total. The van der Waals surface area contributed by atoms with E-state index in [1.807, 2.05) is 0 Å². The molecule has 0 saturated carbocycles. The van der Waals surface area contributed by atoms with Crippen LogP contribution in [0, 0.1) is 0 Å². The van der Waals surface area contributed by atoms with Crippen molar-refractivity contribution in [2.24, 2.45) is 5.11 Å². The van der Waals surface area contributed by atoms with Crippen molar-refractivity contribution in [2.75, 3.05) is 6.54 Å². The van der Waals surface area contributed by atoms with Crippen molar-refractivity contribution in [2.45, 2.75) is 18.6 Å². The minimum absolute atomic E-state index is 0.00707. The van der Waals surface area contributed by atoms with Crippen LogP contribution < -0.4 is 0 Å². The van der Waals surface area contributed by atoms with E-state index in [2.05, 4.69) is 14.8 Å². The monoisotopic (exact) mass is 277 g/mol. The Morgan fingerprint density at radius 1 is 1.30 bits per heavy atom. The number of hydrogen-bond donors (Lipinski definition) is 2. The van der Waals surface area contributed by atoms with Gasteiger partial charge in [0.05, 0.1) is 17.2 Å². The van der Waals surface area contributed by atoms with E-state index in [-0.39, 0.29) is 29.7 Å². The molecule has 0 aromatic heterocycles. The summed E-state index contributed by atoms with van der Waals surface area (Å²) < 4.78 is 4.46. The lowest BCUT2D eigenvalue weighted by Crippen LogP contribution is -2.21. The molecule has 2 N–H and O–H groups in total. The van der Waals surface area contributed by atoms with Gasteiger partial charge in [0.15, 0.2) is 0 Å². The smallest absolute Gasteiger partial charge is 0.347 e. The predicted molar refractivity (Wildman–Crippen MR) is 65.8 cm³/mol. The van der Waals surface area contributed by atoms with Gasteiger partial charge in [0.25, 0.3) is 0 Å². The third-order valence-electron chi connectivity index (χ3n) is 2.98. The lowest BCUT2D eigenvalue weighted by Gasteiger charge is -2.18. The summed E-state index contributed by atoms with van der Waals surface area (Å²) in [5.41, 5.74) is 8.29. The van der Waals surface area contributed by atoms with Crippen molar-refractivity contribution >= 4 is 11.9 Å². The maximum atomic E-state index is 11.6. The molecule has 0 radical (unpaired) electrons. The van der Waals surface area contributed by atoms with Crippen LogP contribution in [-0.2, 0) is 4.74 Å². The molecule has 1 aliphatic heterocycles. The third kappa shape index (κ3) is 2.48. The fraction of sp³-hybridized carbons (Fsp3) is 0.333. The largest absolute Gasteiger partial charge is 0.390 e. The Morgan fingerprint density at radius 2 is 2.05 bits per heavy atom. The number of azide groups is 1. The molecule has 2 unspecified atom stereocenters. The van der Waals surface area contributed by atoms with Crippen molar-refractivity contribution in [1.29, 1.82) is 0 Å². The molecule has 0 spiro atoms. The van der Waals surface area contributed by atoms with Crippen LogP contribution in [0.3, 0.4) is 0 Å². The van der Waals surface area contributed by atoms with Crippen molar-refractivity contribution < 1.29 is 24.5 Å². The minimum Gasteiger partial charge on any atom is -0.390 e. The first kappa shape index (κ1) is 14.0. The molecule has 2 rings (SSSR count). The molecule has 104 valence electrons. The number of fused-ring (bicyclic) bond motifs is 1. The molecular weight excluding hydrogens is 266 g/mol. The summed E-state index contributed by atoms with van der Waals surface area (Å²) in [6.07, 6.45) is -2.58. The Kier molecular flexibility index (Phi) is 3.99. The standard InChI is InChI=1S/C12H11N3O5/c13-15-14-5-4-8(16)10(17)6-2-1-3-7-9(6)12(19)20-11(7)18/h1-3,8,10,16-17H,4-5H2. The zero-order valence-electron chi connectivity index (χ0n) is 10.3. The van der Waals surface area contributed by atoms with Crippen LogP contribution in [0.5, 0.6) is 0 Å². The predicted octanol–water partition coefficient (Wildman–Crippen LogP) is 1.09. The van der Waals surface area contributed by atoms with Gasteiger partial charge in [-0.25, -0.2) is 9.59 Å². The van der Waals surface area contributed by atoms with E-state index in [0.29, 0.717) is 0 Å². The molecule has 1 aromatic rings. The van der Waals surface area contributed by atoms with Gasteiger partial charge < -0.3 is 14.9 Å². The molecule has 0 bridgehead atoms. The molecule has 0 saturated heterocycles. The normalized spacial score (nSPS) is 16.1. The summed E-state index contributed by atoms with van der Waals surface area (Å²) in [5.74, 6) is -1.62. The Balaban J connectivity index is 2.27. The van der Waals surface area contributed by atoms with Crippen molar-refractivity contribution in [3.05, 3.63) is 45.3 Å². The van der Waals surface area contributed by atoms with E-state index in [0.717, 1.165) is 0 Å². The quantitative estimate of drug-likeness (QED) is 0.273. The highest BCUT2D eigenvalue weighted by atomic mass is 16.6. The van der Waals surface area contributed by atoms with Gasteiger partial charge in [0.2, 0.25) is 0 Å². The van der Waals surface area contributed by atoms with Crippen LogP contribution in [0.15, 0.2) is 23.3 Å². The van der Waals surface area contributed by atoms with Crippen LogP contribution in [0.2, 0.25) is 0 Å². The number of esters is 2. The van der Waals surface area contributed by atoms with Gasteiger partial charge in [-0.1, -0.05) is 17.2 Å². The third-order valence-corrected chi connectivity index (χ3v) is 2.98. The van der Waals surface area contributed by atoms with Crippen LogP contribution in [0.25, 0.3) is 10.4 Å². The number of carbonyl (C=O) groups is 2. The van der Waals surface area contributed by atoms with E-state index >= 15 is 0 Å². The van der Waals surface area contributed by atoms with Gasteiger partial charge in [-0.15, -0.1) is 0 Å². The molecule has 0 fully saturated rings. The molecule has 1 heterocycles. The molecular formula is C12H11N3O5. The fourth-order valence-corrected chi connectivity index (χ4v) is 2.00. The number of aliphatic hydroxyl groups excluding tert-OH is 2. The maximum absolute atomic E-state index is 11.6. The highest BCUT2D eigenvalue weighted by molar-refractivity contribution is 6.15. The second-order valence-corrected chi connectivity index (χ2v) is 4.20. The second kappa shape index (κ2) is 5.70. The Morgan fingerprint density at radius 3 is 2.75 bits per heavy atom. The molecule has 2 atom stereocenters. The van der Waals surface area contributed by atoms with Crippen LogP contribution in [0.1, 0.15) is 38.8 Å². The lowest BCUT2D eigenvalue weighted by molar-refractivity contribution is 0.0142. The van der Waals surface area contributed by atoms with Crippen molar-refractivity contribution in [3.8, 4) is 0 Å². The Labute approximate surface area is 113 Å². The van der Waals surface area contributed by atoms with Crippen LogP contribution >= 0.6 is 0 Å². The van der Waals surface area contributed by atoms with Gasteiger partial charge in [-0.3, -0.25) is 0 Å². The van der Waals surface area contributed by atoms with Crippen molar-refractivity contribution in [1.82, 2.24) is 0 Å². The summed E-state index contributed by atoms with van der Waals surface area (Å²) in [7, 11) is 0. The van der Waals surface area contributed by atoms with Crippen LogP contribution in [0.4, 0.5) is 0 Å². The fourth-order valence-electron chi connectivity index (χ4n) is 2.00. The average molecular weight is 277 g/mol. The summed E-state index contributed by atoms with van der Waals surface area (Å²) in [5, 5.41) is 23.1. The zero-order chi connectivity index (χ0) is 14.7. The van der Waals surface area contributed by atoms with Gasteiger partial charge in [-0.05, 0) is 23.6 Å². The SMILES string of the molecule is [N-]=[N+]=NCCC(O)C(O)c1cccc2c1C(=O)OC2=O. The summed E-state index contributed by atoms with van der Waals surface area (Å²) in [6, 6.07) is 4.32. The molecule has 0 amide bonds.